The number of carbonyl (C=O) groups excluding carboxylic acids is 1. The Bertz CT molecular complexity index is 421. The molecule has 3 atom stereocenters. The zero-order valence-corrected chi connectivity index (χ0v) is 13.3. The van der Waals surface area contributed by atoms with Crippen LogP contribution in [0.4, 0.5) is 0 Å². The van der Waals surface area contributed by atoms with Gasteiger partial charge >= 0.3 is 0 Å². The van der Waals surface area contributed by atoms with E-state index in [9.17, 15) is 4.79 Å². The minimum atomic E-state index is -0.276. The predicted molar refractivity (Wildman–Crippen MR) is 84.0 cm³/mol. The van der Waals surface area contributed by atoms with E-state index in [-0.39, 0.29) is 17.5 Å². The van der Waals surface area contributed by atoms with Crippen LogP contribution in [0, 0.1) is 5.92 Å². The quantitative estimate of drug-likeness (QED) is 0.840. The first-order chi connectivity index (χ1) is 9.56. The molecule has 5 heteroatoms. The molecule has 3 fully saturated rings. The number of rotatable bonds is 3. The van der Waals surface area contributed by atoms with Crippen LogP contribution in [0.3, 0.4) is 0 Å². The Hall–Kier alpha value is -0.710. The summed E-state index contributed by atoms with van der Waals surface area (Å²) in [5.74, 6) is 1.97. The first-order valence-electron chi connectivity index (χ1n) is 7.85. The van der Waals surface area contributed by atoms with Crippen LogP contribution in [-0.2, 0) is 4.79 Å². The van der Waals surface area contributed by atoms with Crippen molar-refractivity contribution < 1.29 is 4.79 Å². The highest BCUT2D eigenvalue weighted by Gasteiger charge is 2.40. The van der Waals surface area contributed by atoms with Crippen LogP contribution in [-0.4, -0.2) is 34.5 Å². The summed E-state index contributed by atoms with van der Waals surface area (Å²) < 4.78 is 0. The first kappa shape index (κ1) is 14.2. The minimum absolute atomic E-state index is 0.0698. The molecule has 0 aromatic rings. The van der Waals surface area contributed by atoms with E-state index in [0.717, 1.165) is 29.7 Å². The lowest BCUT2D eigenvalue weighted by atomic mass is 9.78. The van der Waals surface area contributed by atoms with Gasteiger partial charge in [0.2, 0.25) is 5.91 Å². The van der Waals surface area contributed by atoms with Crippen LogP contribution < -0.4 is 10.6 Å². The third kappa shape index (κ3) is 3.30. The summed E-state index contributed by atoms with van der Waals surface area (Å²) in [7, 11) is 0. The molecule has 1 amide bonds. The average Bonchev–Trinajstić information content (AvgIpc) is 3.13. The van der Waals surface area contributed by atoms with Crippen molar-refractivity contribution in [3.63, 3.8) is 0 Å². The summed E-state index contributed by atoms with van der Waals surface area (Å²) in [6.45, 7) is 4.23. The van der Waals surface area contributed by atoms with Gasteiger partial charge in [-0.15, -0.1) is 0 Å². The number of nitrogens with zero attached hydrogens (tertiary/aromatic N) is 1. The number of hydrogen-bond acceptors (Lipinski definition) is 3. The van der Waals surface area contributed by atoms with E-state index in [4.69, 9.17) is 0 Å². The molecule has 112 valence electrons. The smallest absolute Gasteiger partial charge is 0.244 e. The van der Waals surface area contributed by atoms with Crippen molar-refractivity contribution >= 4 is 22.8 Å². The third-order valence-corrected chi connectivity index (χ3v) is 5.74. The number of aliphatic imine (C=N–C) groups is 1. The van der Waals surface area contributed by atoms with Crippen LogP contribution in [0.2, 0.25) is 0 Å². The fourth-order valence-electron chi connectivity index (χ4n) is 3.26. The van der Waals surface area contributed by atoms with Gasteiger partial charge in [-0.05, 0) is 38.5 Å². The monoisotopic (exact) mass is 295 g/mol. The average molecular weight is 295 g/mol. The van der Waals surface area contributed by atoms with Crippen molar-refractivity contribution in [3.8, 4) is 0 Å². The van der Waals surface area contributed by atoms with Crippen molar-refractivity contribution in [3.05, 3.63) is 0 Å². The van der Waals surface area contributed by atoms with Gasteiger partial charge in [-0.25, -0.2) is 4.99 Å². The second kappa shape index (κ2) is 5.58. The lowest BCUT2D eigenvalue weighted by molar-refractivity contribution is -0.122. The summed E-state index contributed by atoms with van der Waals surface area (Å²) in [5, 5.41) is 7.62. The normalized spacial score (nSPS) is 36.9. The van der Waals surface area contributed by atoms with E-state index < -0.39 is 0 Å². The zero-order valence-electron chi connectivity index (χ0n) is 12.4. The van der Waals surface area contributed by atoms with Crippen molar-refractivity contribution in [1.82, 2.24) is 10.6 Å². The van der Waals surface area contributed by atoms with Crippen LogP contribution >= 0.6 is 11.8 Å². The molecular weight excluding hydrogens is 270 g/mol. The molecule has 0 radical (unpaired) electrons. The maximum absolute atomic E-state index is 11.9. The predicted octanol–water partition coefficient (Wildman–Crippen LogP) is 2.29. The molecule has 3 aliphatic rings. The molecule has 1 aliphatic heterocycles. The Labute approximate surface area is 125 Å². The van der Waals surface area contributed by atoms with Crippen LogP contribution in [0.15, 0.2) is 4.99 Å². The highest BCUT2D eigenvalue weighted by Crippen LogP contribution is 2.38. The molecular formula is C15H25N3OS. The molecule has 1 saturated heterocycles. The van der Waals surface area contributed by atoms with Gasteiger partial charge in [0.1, 0.15) is 6.04 Å². The fraction of sp³-hybridized carbons (Fsp3) is 0.867. The van der Waals surface area contributed by atoms with Gasteiger partial charge in [-0.2, -0.15) is 0 Å². The first-order valence-corrected chi connectivity index (χ1v) is 8.84. The largest absolute Gasteiger partial charge is 0.359 e. The summed E-state index contributed by atoms with van der Waals surface area (Å²) in [5.41, 5.74) is 0.244. The number of amides is 1. The van der Waals surface area contributed by atoms with E-state index >= 15 is 0 Å². The van der Waals surface area contributed by atoms with Gasteiger partial charge in [-0.3, -0.25) is 4.79 Å². The molecule has 1 heterocycles. The highest BCUT2D eigenvalue weighted by molar-refractivity contribution is 8.14. The highest BCUT2D eigenvalue weighted by atomic mass is 32.2. The lowest BCUT2D eigenvalue weighted by Gasteiger charge is -2.36. The molecule has 1 spiro atoms. The Kier molecular flexibility index (Phi) is 3.98. The van der Waals surface area contributed by atoms with Gasteiger partial charge in [-0.1, -0.05) is 31.5 Å². The molecule has 4 nitrogen and oxygen atoms in total. The van der Waals surface area contributed by atoms with Crippen molar-refractivity contribution in [2.75, 3.05) is 5.75 Å². The van der Waals surface area contributed by atoms with Gasteiger partial charge in [0.25, 0.3) is 0 Å². The third-order valence-electron chi connectivity index (χ3n) is 4.56. The van der Waals surface area contributed by atoms with Crippen LogP contribution in [0.5, 0.6) is 0 Å². The fourth-order valence-corrected chi connectivity index (χ4v) is 4.53. The molecule has 20 heavy (non-hydrogen) atoms. The van der Waals surface area contributed by atoms with Gasteiger partial charge in [0.15, 0.2) is 5.17 Å². The van der Waals surface area contributed by atoms with Crippen LogP contribution in [0.25, 0.3) is 0 Å². The second-order valence-electron chi connectivity index (χ2n) is 6.79. The molecule has 3 unspecified atom stereocenters. The molecule has 0 bridgehead atoms. The zero-order chi connectivity index (χ0) is 14.2. The van der Waals surface area contributed by atoms with Crippen LogP contribution in [0.1, 0.15) is 52.4 Å². The lowest BCUT2D eigenvalue weighted by Crippen LogP contribution is -2.47. The number of amidine groups is 1. The van der Waals surface area contributed by atoms with Gasteiger partial charge in [0.05, 0.1) is 0 Å². The van der Waals surface area contributed by atoms with E-state index in [1.807, 2.05) is 6.92 Å². The van der Waals surface area contributed by atoms with Crippen molar-refractivity contribution in [2.24, 2.45) is 10.9 Å². The molecule has 2 N–H and O–H groups in total. The summed E-state index contributed by atoms with van der Waals surface area (Å²) in [6, 6.07) is 0.140. The number of carbonyl (C=O) groups is 1. The van der Waals surface area contributed by atoms with Gasteiger partial charge < -0.3 is 10.6 Å². The topological polar surface area (TPSA) is 53.5 Å². The molecule has 0 aromatic carbocycles. The number of thioether (sulfide) groups is 1. The molecule has 0 aromatic heterocycles. The van der Waals surface area contributed by atoms with E-state index in [2.05, 4.69) is 22.5 Å². The van der Waals surface area contributed by atoms with E-state index in [0.29, 0.717) is 6.04 Å². The Balaban J connectivity index is 1.57. The van der Waals surface area contributed by atoms with E-state index in [1.54, 1.807) is 11.8 Å². The van der Waals surface area contributed by atoms with Crippen molar-refractivity contribution in [1.29, 1.82) is 0 Å². The standard InChI is InChI=1S/C15H25N3OS/c1-10-4-3-7-15(8-10)9-20-14(18-15)16-11(2)13(19)17-12-5-6-12/h10-12H,3-9H2,1-2H3,(H,16,18)(H,17,19). The molecule has 3 rings (SSSR count). The number of nitrogens with one attached hydrogen (secondary N) is 2. The van der Waals surface area contributed by atoms with E-state index in [1.165, 1.54) is 25.7 Å². The molecule has 2 aliphatic carbocycles. The Morgan fingerprint density at radius 1 is 1.50 bits per heavy atom. The summed E-state index contributed by atoms with van der Waals surface area (Å²) in [4.78, 5) is 16.5. The van der Waals surface area contributed by atoms with Crippen molar-refractivity contribution in [2.45, 2.75) is 70.0 Å². The summed E-state index contributed by atoms with van der Waals surface area (Å²) in [6.07, 6.45) is 7.39. The minimum Gasteiger partial charge on any atom is -0.359 e. The Morgan fingerprint density at radius 2 is 2.30 bits per heavy atom. The second-order valence-corrected chi connectivity index (χ2v) is 7.75. The summed E-state index contributed by atoms with van der Waals surface area (Å²) >= 11 is 1.79. The maximum Gasteiger partial charge on any atom is 0.244 e. The Morgan fingerprint density at radius 3 is 3.00 bits per heavy atom. The SMILES string of the molecule is CC1CCCC2(CSC(=NC(C)C(=O)NC3CC3)N2)C1. The number of hydrogen-bond donors (Lipinski definition) is 2. The van der Waals surface area contributed by atoms with Gasteiger partial charge in [0, 0.05) is 17.3 Å². The maximum atomic E-state index is 11.9. The molecule has 2 saturated carbocycles.